The molecule has 0 saturated carbocycles. The Bertz CT molecular complexity index is 1640. The third-order valence-corrected chi connectivity index (χ3v) is 6.40. The first-order valence-electron chi connectivity index (χ1n) is 12.0. The van der Waals surface area contributed by atoms with Crippen molar-refractivity contribution < 1.29 is 4.79 Å². The van der Waals surface area contributed by atoms with Crippen LogP contribution in [-0.2, 0) is 17.6 Å². The normalized spacial score (nSPS) is 11.7. The van der Waals surface area contributed by atoms with E-state index in [9.17, 15) is 9.59 Å². The molecule has 2 aromatic carbocycles. The standard InChI is InChI=1S/C27H22Cl2N8O2/c28-19-6-7-23(37-16-25(29)34-35-37)21(13-19)22-14-26(38)36(17-33-22)24(12-18-4-2-1-3-5-18)27(39)32-9-8-20-15-30-10-11-31-20/h1-7,10-11,13-17,24H,8-9,12H2,(H,32,39). The minimum atomic E-state index is -0.823. The minimum absolute atomic E-state index is 0.216. The lowest BCUT2D eigenvalue weighted by Gasteiger charge is -2.20. The zero-order valence-corrected chi connectivity index (χ0v) is 22.0. The summed E-state index contributed by atoms with van der Waals surface area (Å²) in [7, 11) is 0. The van der Waals surface area contributed by atoms with Gasteiger partial charge in [-0.2, -0.15) is 0 Å². The molecule has 0 bridgehead atoms. The van der Waals surface area contributed by atoms with Crippen molar-refractivity contribution in [3.8, 4) is 16.9 Å². The quantitative estimate of drug-likeness (QED) is 0.291. The van der Waals surface area contributed by atoms with Crippen LogP contribution in [0.15, 0.2) is 90.5 Å². The summed E-state index contributed by atoms with van der Waals surface area (Å²) in [6, 6.07) is 15.2. The van der Waals surface area contributed by atoms with E-state index in [0.717, 1.165) is 11.3 Å². The van der Waals surface area contributed by atoms with Gasteiger partial charge in [0.1, 0.15) is 6.04 Å². The van der Waals surface area contributed by atoms with E-state index in [1.54, 1.807) is 36.8 Å². The van der Waals surface area contributed by atoms with Crippen LogP contribution in [0.25, 0.3) is 16.9 Å². The molecule has 3 heterocycles. The van der Waals surface area contributed by atoms with Crippen molar-refractivity contribution in [2.75, 3.05) is 6.54 Å². The van der Waals surface area contributed by atoms with Crippen LogP contribution in [0.1, 0.15) is 17.3 Å². The maximum atomic E-state index is 13.4. The van der Waals surface area contributed by atoms with Gasteiger partial charge in [0.25, 0.3) is 5.56 Å². The van der Waals surface area contributed by atoms with Crippen molar-refractivity contribution in [3.05, 3.63) is 117 Å². The number of carbonyl (C=O) groups is 1. The van der Waals surface area contributed by atoms with E-state index < -0.39 is 11.6 Å². The number of nitrogens with one attached hydrogen (secondary N) is 1. The van der Waals surface area contributed by atoms with Crippen LogP contribution in [0, 0.1) is 0 Å². The fourth-order valence-electron chi connectivity index (χ4n) is 4.11. The molecule has 0 aliphatic carbocycles. The molecule has 0 fully saturated rings. The molecule has 0 spiro atoms. The maximum absolute atomic E-state index is 13.4. The monoisotopic (exact) mass is 560 g/mol. The zero-order chi connectivity index (χ0) is 27.2. The van der Waals surface area contributed by atoms with E-state index in [-0.39, 0.29) is 11.1 Å². The van der Waals surface area contributed by atoms with Gasteiger partial charge in [-0.05, 0) is 23.8 Å². The van der Waals surface area contributed by atoms with Crippen LogP contribution >= 0.6 is 23.2 Å². The average Bonchev–Trinajstić information content (AvgIpc) is 3.39. The first-order valence-corrected chi connectivity index (χ1v) is 12.8. The molecular weight excluding hydrogens is 539 g/mol. The van der Waals surface area contributed by atoms with Gasteiger partial charge >= 0.3 is 0 Å². The topological polar surface area (TPSA) is 120 Å². The summed E-state index contributed by atoms with van der Waals surface area (Å²) in [5, 5.41) is 11.4. The molecule has 1 amide bonds. The molecule has 1 unspecified atom stereocenters. The van der Waals surface area contributed by atoms with Crippen LogP contribution in [0.2, 0.25) is 10.2 Å². The van der Waals surface area contributed by atoms with E-state index in [2.05, 4.69) is 30.6 Å². The highest BCUT2D eigenvalue weighted by Crippen LogP contribution is 2.28. The van der Waals surface area contributed by atoms with Crippen molar-refractivity contribution in [1.82, 2.24) is 39.8 Å². The van der Waals surface area contributed by atoms with Gasteiger partial charge in [0.05, 0.1) is 29.6 Å². The Labute approximate surface area is 233 Å². The van der Waals surface area contributed by atoms with Crippen LogP contribution in [-0.4, -0.2) is 47.0 Å². The van der Waals surface area contributed by atoms with Crippen molar-refractivity contribution >= 4 is 29.1 Å². The average molecular weight is 561 g/mol. The molecular formula is C27H22Cl2N8O2. The van der Waals surface area contributed by atoms with Crippen molar-refractivity contribution in [2.45, 2.75) is 18.9 Å². The number of halogens is 2. The van der Waals surface area contributed by atoms with Gasteiger partial charge in [0.2, 0.25) is 5.91 Å². The second kappa shape index (κ2) is 12.0. The smallest absolute Gasteiger partial charge is 0.254 e. The van der Waals surface area contributed by atoms with Crippen molar-refractivity contribution in [3.63, 3.8) is 0 Å². The first kappa shape index (κ1) is 26.2. The van der Waals surface area contributed by atoms with Gasteiger partial charge in [0.15, 0.2) is 5.15 Å². The number of rotatable bonds is 9. The number of nitrogens with zero attached hydrogens (tertiary/aromatic N) is 7. The largest absolute Gasteiger partial charge is 0.354 e. The second-order valence-corrected chi connectivity index (χ2v) is 9.43. The fraction of sp³-hybridized carbons (Fsp3) is 0.148. The molecule has 10 nitrogen and oxygen atoms in total. The van der Waals surface area contributed by atoms with E-state index in [1.807, 2.05) is 30.3 Å². The molecule has 39 heavy (non-hydrogen) atoms. The number of benzene rings is 2. The van der Waals surface area contributed by atoms with E-state index in [1.165, 1.54) is 27.8 Å². The van der Waals surface area contributed by atoms with Gasteiger partial charge in [-0.25, -0.2) is 9.67 Å². The Balaban J connectivity index is 1.45. The third kappa shape index (κ3) is 6.36. The Morgan fingerprint density at radius 2 is 1.87 bits per heavy atom. The van der Waals surface area contributed by atoms with Gasteiger partial charge in [-0.1, -0.05) is 58.7 Å². The zero-order valence-electron chi connectivity index (χ0n) is 20.5. The van der Waals surface area contributed by atoms with Gasteiger partial charge in [-0.15, -0.1) is 5.10 Å². The number of hydrogen-bond acceptors (Lipinski definition) is 7. The Morgan fingerprint density at radius 3 is 2.59 bits per heavy atom. The highest BCUT2D eigenvalue weighted by Gasteiger charge is 2.23. The highest BCUT2D eigenvalue weighted by atomic mass is 35.5. The number of carbonyl (C=O) groups excluding carboxylic acids is 1. The molecule has 0 aliphatic heterocycles. The lowest BCUT2D eigenvalue weighted by Crippen LogP contribution is -2.39. The number of aromatic nitrogens is 7. The fourth-order valence-corrected chi connectivity index (χ4v) is 4.41. The van der Waals surface area contributed by atoms with E-state index in [0.29, 0.717) is 41.4 Å². The number of hydrogen-bond donors (Lipinski definition) is 1. The lowest BCUT2D eigenvalue weighted by molar-refractivity contribution is -0.124. The predicted octanol–water partition coefficient (Wildman–Crippen LogP) is 3.73. The van der Waals surface area contributed by atoms with Crippen molar-refractivity contribution in [2.24, 2.45) is 0 Å². The van der Waals surface area contributed by atoms with Gasteiger partial charge in [-0.3, -0.25) is 24.1 Å². The lowest BCUT2D eigenvalue weighted by atomic mass is 10.0. The molecule has 0 radical (unpaired) electrons. The number of amides is 1. The molecule has 5 rings (SSSR count). The molecule has 0 saturated heterocycles. The molecule has 3 aromatic heterocycles. The summed E-state index contributed by atoms with van der Waals surface area (Å²) >= 11 is 12.2. The molecule has 1 N–H and O–H groups in total. The van der Waals surface area contributed by atoms with Gasteiger partial charge < -0.3 is 5.32 Å². The Hall–Kier alpha value is -4.41. The van der Waals surface area contributed by atoms with Crippen LogP contribution in [0.4, 0.5) is 0 Å². The van der Waals surface area contributed by atoms with Crippen LogP contribution in [0.3, 0.4) is 0 Å². The second-order valence-electron chi connectivity index (χ2n) is 8.61. The third-order valence-electron chi connectivity index (χ3n) is 5.99. The minimum Gasteiger partial charge on any atom is -0.354 e. The van der Waals surface area contributed by atoms with Crippen molar-refractivity contribution in [1.29, 1.82) is 0 Å². The molecule has 1 atom stereocenters. The van der Waals surface area contributed by atoms with E-state index >= 15 is 0 Å². The molecule has 0 aliphatic rings. The summed E-state index contributed by atoms with van der Waals surface area (Å²) < 4.78 is 2.81. The summed E-state index contributed by atoms with van der Waals surface area (Å²) in [6.45, 7) is 0.343. The highest BCUT2D eigenvalue weighted by molar-refractivity contribution is 6.31. The SMILES string of the molecule is O=C(NCCc1cnccn1)C(Cc1ccccc1)n1cnc(-c2cc(Cl)ccc2-n2cc(Cl)nn2)cc1=O. The molecule has 196 valence electrons. The summed E-state index contributed by atoms with van der Waals surface area (Å²) in [4.78, 5) is 39.6. The Kier molecular flexibility index (Phi) is 8.04. The summed E-state index contributed by atoms with van der Waals surface area (Å²) in [6.07, 6.45) is 8.58. The first-order chi connectivity index (χ1) is 19.0. The van der Waals surface area contributed by atoms with Crippen LogP contribution < -0.4 is 10.9 Å². The van der Waals surface area contributed by atoms with Gasteiger partial charge in [0, 0.05) is 54.6 Å². The molecule has 12 heteroatoms. The van der Waals surface area contributed by atoms with Crippen LogP contribution in [0.5, 0.6) is 0 Å². The maximum Gasteiger partial charge on any atom is 0.254 e. The predicted molar refractivity (Wildman–Crippen MR) is 147 cm³/mol. The molecule has 5 aromatic rings. The van der Waals surface area contributed by atoms with E-state index in [4.69, 9.17) is 23.2 Å². The summed E-state index contributed by atoms with van der Waals surface area (Å²) in [5.41, 5.74) is 2.77. The summed E-state index contributed by atoms with van der Waals surface area (Å²) in [5.74, 6) is -0.305. The Morgan fingerprint density at radius 1 is 1.03 bits per heavy atom.